The van der Waals surface area contributed by atoms with Crippen LogP contribution < -0.4 is 0 Å². The zero-order chi connectivity index (χ0) is 16.5. The molecule has 1 nitrogen and oxygen atoms in total. The van der Waals surface area contributed by atoms with Gasteiger partial charge in [-0.25, -0.2) is 0 Å². The average Bonchev–Trinajstić information content (AvgIpc) is 2.75. The van der Waals surface area contributed by atoms with Gasteiger partial charge in [-0.2, -0.15) is 0 Å². The van der Waals surface area contributed by atoms with E-state index < -0.39 is 5.60 Å². The summed E-state index contributed by atoms with van der Waals surface area (Å²) in [6.07, 6.45) is 13.2. The van der Waals surface area contributed by atoms with E-state index >= 15 is 0 Å². The smallest absolute Gasteiger partial charge is 0.0907 e. The Hall–Kier alpha value is -0.300. The highest BCUT2D eigenvalue weighted by molar-refractivity contribution is 5.29. The van der Waals surface area contributed by atoms with Crippen LogP contribution in [0, 0.1) is 34.5 Å². The zero-order valence-electron chi connectivity index (χ0n) is 15.5. The average molecular weight is 317 g/mol. The zero-order valence-corrected chi connectivity index (χ0v) is 15.5. The van der Waals surface area contributed by atoms with Gasteiger partial charge in [0.05, 0.1) is 5.60 Å². The van der Waals surface area contributed by atoms with Gasteiger partial charge < -0.3 is 5.11 Å². The van der Waals surface area contributed by atoms with E-state index in [0.29, 0.717) is 11.3 Å². The van der Waals surface area contributed by atoms with Gasteiger partial charge in [0.15, 0.2) is 0 Å². The molecule has 0 aliphatic heterocycles. The van der Waals surface area contributed by atoms with Crippen LogP contribution in [0.5, 0.6) is 0 Å². The molecule has 4 aliphatic carbocycles. The lowest BCUT2D eigenvalue weighted by molar-refractivity contribution is -0.146. The number of fused-ring (bicyclic) bond motifs is 5. The highest BCUT2D eigenvalue weighted by Gasteiger charge is 2.64. The van der Waals surface area contributed by atoms with E-state index in [9.17, 15) is 5.11 Å². The molecule has 1 heteroatoms. The molecule has 4 fully saturated rings. The van der Waals surface area contributed by atoms with Crippen molar-refractivity contribution in [1.82, 2.24) is 0 Å². The summed E-state index contributed by atoms with van der Waals surface area (Å²) in [6.45, 7) is 11.5. The standard InChI is InChI=1S/C22H36O/c1-5-22(23)15(2)14-19-17-10-9-16-8-6-7-12-20(16,3)18(17)11-13-21(19,22)4/h16-19,23H,2,5-14H2,1,3-4H3/t16?,17-,18+,19+,20+,21+,22-/m1/s1. The molecule has 23 heavy (non-hydrogen) atoms. The van der Waals surface area contributed by atoms with Gasteiger partial charge >= 0.3 is 0 Å². The summed E-state index contributed by atoms with van der Waals surface area (Å²) < 4.78 is 0. The fourth-order valence-corrected chi connectivity index (χ4v) is 8.00. The summed E-state index contributed by atoms with van der Waals surface area (Å²) in [6, 6.07) is 0. The maximum Gasteiger partial charge on any atom is 0.0907 e. The molecule has 0 bridgehead atoms. The van der Waals surface area contributed by atoms with E-state index in [1.165, 1.54) is 51.4 Å². The molecule has 4 aliphatic rings. The molecule has 0 spiro atoms. The van der Waals surface area contributed by atoms with Crippen LogP contribution in [-0.2, 0) is 0 Å². The third kappa shape index (κ3) is 1.89. The van der Waals surface area contributed by atoms with Crippen LogP contribution in [0.2, 0.25) is 0 Å². The van der Waals surface area contributed by atoms with Crippen molar-refractivity contribution < 1.29 is 5.11 Å². The van der Waals surface area contributed by atoms with Crippen molar-refractivity contribution in [3.05, 3.63) is 12.2 Å². The van der Waals surface area contributed by atoms with Crippen LogP contribution in [0.3, 0.4) is 0 Å². The van der Waals surface area contributed by atoms with Gasteiger partial charge in [0.25, 0.3) is 0 Å². The summed E-state index contributed by atoms with van der Waals surface area (Å²) in [7, 11) is 0. The van der Waals surface area contributed by atoms with E-state index in [4.69, 9.17) is 0 Å². The van der Waals surface area contributed by atoms with Crippen molar-refractivity contribution in [3.8, 4) is 0 Å². The molecule has 7 atom stereocenters. The maximum atomic E-state index is 11.4. The molecule has 0 aromatic rings. The van der Waals surface area contributed by atoms with E-state index in [1.54, 1.807) is 0 Å². The Labute approximate surface area is 142 Å². The first-order valence-corrected chi connectivity index (χ1v) is 10.3. The Morgan fingerprint density at radius 3 is 2.57 bits per heavy atom. The number of aliphatic hydroxyl groups is 1. The first kappa shape index (κ1) is 16.2. The van der Waals surface area contributed by atoms with Crippen LogP contribution >= 0.6 is 0 Å². The number of rotatable bonds is 1. The molecule has 4 rings (SSSR count). The minimum Gasteiger partial charge on any atom is -0.385 e. The lowest BCUT2D eigenvalue weighted by Gasteiger charge is -2.61. The molecular formula is C22H36O. The molecule has 0 heterocycles. The Balaban J connectivity index is 1.69. The van der Waals surface area contributed by atoms with Crippen LogP contribution in [0.15, 0.2) is 12.2 Å². The highest BCUT2D eigenvalue weighted by Crippen LogP contribution is 2.69. The largest absolute Gasteiger partial charge is 0.385 e. The molecule has 0 aromatic carbocycles. The molecular weight excluding hydrogens is 280 g/mol. The van der Waals surface area contributed by atoms with Crippen molar-refractivity contribution in [2.24, 2.45) is 34.5 Å². The Morgan fingerprint density at radius 1 is 1.04 bits per heavy atom. The van der Waals surface area contributed by atoms with Crippen molar-refractivity contribution in [2.75, 3.05) is 0 Å². The topological polar surface area (TPSA) is 20.2 Å². The quantitative estimate of drug-likeness (QED) is 0.613. The second-order valence-corrected chi connectivity index (χ2v) is 9.88. The van der Waals surface area contributed by atoms with Gasteiger partial charge in [-0.05, 0) is 86.0 Å². The summed E-state index contributed by atoms with van der Waals surface area (Å²) in [5, 5.41) is 11.4. The SMILES string of the molecule is C=C1C[C@H]2[C@@H]3CCC4CCCC[C@]4(C)[C@H]3CC[C@]2(C)[C@@]1(O)CC. The second-order valence-electron chi connectivity index (χ2n) is 9.88. The van der Waals surface area contributed by atoms with Gasteiger partial charge in [-0.15, -0.1) is 0 Å². The van der Waals surface area contributed by atoms with E-state index in [0.717, 1.165) is 36.2 Å². The maximum absolute atomic E-state index is 11.4. The third-order valence-electron chi connectivity index (χ3n) is 9.48. The normalized spacial score (nSPS) is 55.9. The highest BCUT2D eigenvalue weighted by atomic mass is 16.3. The van der Waals surface area contributed by atoms with Gasteiger partial charge in [0, 0.05) is 5.41 Å². The summed E-state index contributed by atoms with van der Waals surface area (Å²) in [4.78, 5) is 0. The van der Waals surface area contributed by atoms with Gasteiger partial charge in [0.1, 0.15) is 0 Å². The molecule has 0 amide bonds. The van der Waals surface area contributed by atoms with Crippen molar-refractivity contribution in [2.45, 2.75) is 90.6 Å². The van der Waals surface area contributed by atoms with Gasteiger partial charge in [-0.1, -0.05) is 40.2 Å². The van der Waals surface area contributed by atoms with Crippen LogP contribution in [0.1, 0.15) is 85.0 Å². The lowest BCUT2D eigenvalue weighted by atomic mass is 9.44. The van der Waals surface area contributed by atoms with E-state index in [1.807, 2.05) is 0 Å². The first-order chi connectivity index (χ1) is 10.9. The molecule has 4 saturated carbocycles. The number of hydrogen-bond acceptors (Lipinski definition) is 1. The molecule has 1 unspecified atom stereocenters. The summed E-state index contributed by atoms with van der Waals surface area (Å²) in [5.74, 6) is 3.41. The van der Waals surface area contributed by atoms with Crippen LogP contribution in [-0.4, -0.2) is 10.7 Å². The monoisotopic (exact) mass is 316 g/mol. The molecule has 1 N–H and O–H groups in total. The fraction of sp³-hybridized carbons (Fsp3) is 0.909. The summed E-state index contributed by atoms with van der Waals surface area (Å²) >= 11 is 0. The fourth-order valence-electron chi connectivity index (χ4n) is 8.00. The summed E-state index contributed by atoms with van der Waals surface area (Å²) in [5.41, 5.74) is 1.21. The van der Waals surface area contributed by atoms with E-state index in [2.05, 4.69) is 27.4 Å². The predicted molar refractivity (Wildman–Crippen MR) is 96.1 cm³/mol. The Morgan fingerprint density at radius 2 is 1.83 bits per heavy atom. The molecule has 0 saturated heterocycles. The first-order valence-electron chi connectivity index (χ1n) is 10.3. The predicted octanol–water partition coefficient (Wildman–Crippen LogP) is 5.73. The van der Waals surface area contributed by atoms with Crippen LogP contribution in [0.25, 0.3) is 0 Å². The number of hydrogen-bond donors (Lipinski definition) is 1. The van der Waals surface area contributed by atoms with Crippen molar-refractivity contribution in [3.63, 3.8) is 0 Å². The van der Waals surface area contributed by atoms with Crippen LogP contribution in [0.4, 0.5) is 0 Å². The molecule has 0 aromatic heterocycles. The van der Waals surface area contributed by atoms with E-state index in [-0.39, 0.29) is 5.41 Å². The van der Waals surface area contributed by atoms with Gasteiger partial charge in [-0.3, -0.25) is 0 Å². The minimum absolute atomic E-state index is 0.0812. The molecule has 130 valence electrons. The third-order valence-corrected chi connectivity index (χ3v) is 9.48. The minimum atomic E-state index is -0.604. The van der Waals surface area contributed by atoms with Crippen molar-refractivity contribution >= 4 is 0 Å². The lowest BCUT2D eigenvalue weighted by Crippen LogP contribution is -2.56. The molecule has 0 radical (unpaired) electrons. The van der Waals surface area contributed by atoms with Crippen molar-refractivity contribution in [1.29, 1.82) is 0 Å². The van der Waals surface area contributed by atoms with Gasteiger partial charge in [0.2, 0.25) is 0 Å². The Kier molecular flexibility index (Phi) is 3.59. The Bertz CT molecular complexity index is 510. The second kappa shape index (κ2) is 5.10.